The molecule has 1 rings (SSSR count). The monoisotopic (exact) mass is 648 g/mol. The highest BCUT2D eigenvalue weighted by Gasteiger charge is 2.45. The number of likely N-dealkylation sites (tertiary alicyclic amines) is 1. The lowest BCUT2D eigenvalue weighted by Crippen LogP contribution is -2.51. The molecule has 0 aromatic rings. The van der Waals surface area contributed by atoms with E-state index >= 15 is 0 Å². The van der Waals surface area contributed by atoms with Crippen molar-refractivity contribution in [3.05, 3.63) is 36.5 Å². The normalized spacial score (nSPS) is 18.0. The van der Waals surface area contributed by atoms with Gasteiger partial charge in [-0.1, -0.05) is 109 Å². The van der Waals surface area contributed by atoms with Gasteiger partial charge in [-0.25, -0.2) is 0 Å². The van der Waals surface area contributed by atoms with Crippen LogP contribution in [0.25, 0.3) is 0 Å². The summed E-state index contributed by atoms with van der Waals surface area (Å²) in [7, 11) is -2.90. The van der Waals surface area contributed by atoms with Crippen LogP contribution in [0, 0.1) is 0 Å². The zero-order chi connectivity index (χ0) is 32.9. The third kappa shape index (κ3) is 24.1. The van der Waals surface area contributed by atoms with Crippen molar-refractivity contribution < 1.29 is 13.3 Å². The van der Waals surface area contributed by atoms with Crippen LogP contribution < -0.4 is 0 Å². The molecular formula is C40H77NO3Si. The van der Waals surface area contributed by atoms with E-state index in [1.54, 1.807) is 0 Å². The number of nitrogens with zero attached hydrogens (tertiary/aromatic N) is 1. The maximum Gasteiger partial charge on any atom is 0.501 e. The minimum Gasteiger partial charge on any atom is -0.371 e. The highest BCUT2D eigenvalue weighted by molar-refractivity contribution is 6.60. The molecule has 5 heteroatoms. The van der Waals surface area contributed by atoms with Crippen LogP contribution in [0.15, 0.2) is 36.5 Å². The molecule has 3 atom stereocenters. The molecule has 1 heterocycles. The van der Waals surface area contributed by atoms with E-state index in [9.17, 15) is 0 Å². The van der Waals surface area contributed by atoms with Gasteiger partial charge in [0.2, 0.25) is 0 Å². The molecule has 1 fully saturated rings. The predicted molar refractivity (Wildman–Crippen MR) is 200 cm³/mol. The number of hydrogen-bond donors (Lipinski definition) is 0. The van der Waals surface area contributed by atoms with Crippen LogP contribution in [0.4, 0.5) is 0 Å². The number of rotatable bonds is 31. The molecular weight excluding hydrogens is 571 g/mol. The van der Waals surface area contributed by atoms with Gasteiger partial charge in [0.1, 0.15) is 0 Å². The molecule has 1 aliphatic heterocycles. The van der Waals surface area contributed by atoms with Crippen molar-refractivity contribution >= 4 is 8.80 Å². The summed E-state index contributed by atoms with van der Waals surface area (Å²) in [6, 6.07) is 0.931. The first-order valence-corrected chi connectivity index (χ1v) is 21.6. The summed E-state index contributed by atoms with van der Waals surface area (Å²) >= 11 is 0. The molecule has 1 aliphatic rings. The largest absolute Gasteiger partial charge is 0.501 e. The van der Waals surface area contributed by atoms with Gasteiger partial charge in [-0.2, -0.15) is 0 Å². The van der Waals surface area contributed by atoms with Crippen LogP contribution in [0.1, 0.15) is 176 Å². The average molecular weight is 648 g/mol. The number of allylic oxidation sites excluding steroid dienone is 6. The first kappa shape index (κ1) is 42.3. The number of hydrogen-bond acceptors (Lipinski definition) is 4. The van der Waals surface area contributed by atoms with E-state index in [4.69, 9.17) is 13.3 Å². The van der Waals surface area contributed by atoms with Crippen molar-refractivity contribution in [2.75, 3.05) is 19.6 Å². The average Bonchev–Trinajstić information content (AvgIpc) is 3.54. The summed E-state index contributed by atoms with van der Waals surface area (Å²) in [6.07, 6.45) is 39.6. The fourth-order valence-electron chi connectivity index (χ4n) is 6.06. The quantitative estimate of drug-likeness (QED) is 0.0425. The van der Waals surface area contributed by atoms with Crippen LogP contribution in [0.2, 0.25) is 6.04 Å². The maximum atomic E-state index is 7.03. The summed E-state index contributed by atoms with van der Waals surface area (Å²) in [5, 5.41) is 0. The Morgan fingerprint density at radius 2 is 0.889 bits per heavy atom. The van der Waals surface area contributed by atoms with E-state index in [0.717, 1.165) is 51.0 Å². The molecule has 0 bridgehead atoms. The summed E-state index contributed by atoms with van der Waals surface area (Å²) in [6.45, 7) is 17.4. The Morgan fingerprint density at radius 3 is 1.29 bits per heavy atom. The zero-order valence-corrected chi connectivity index (χ0v) is 32.0. The molecule has 0 radical (unpaired) electrons. The minimum absolute atomic E-state index is 0.130. The van der Waals surface area contributed by atoms with Crippen molar-refractivity contribution in [3.63, 3.8) is 0 Å². The topological polar surface area (TPSA) is 30.9 Å². The van der Waals surface area contributed by atoms with Crippen LogP contribution in [-0.2, 0) is 13.3 Å². The summed E-state index contributed by atoms with van der Waals surface area (Å²) < 4.78 is 21.1. The second kappa shape index (κ2) is 29.4. The fraction of sp³-hybridized carbons (Fsp3) is 0.850. The van der Waals surface area contributed by atoms with Crippen LogP contribution in [0.3, 0.4) is 0 Å². The molecule has 1 saturated heterocycles. The van der Waals surface area contributed by atoms with Gasteiger partial charge in [0.25, 0.3) is 0 Å². The Labute approximate surface area is 283 Å². The number of unbranched alkanes of at least 4 members (excludes halogenated alkanes) is 9. The van der Waals surface area contributed by atoms with E-state index < -0.39 is 8.80 Å². The van der Waals surface area contributed by atoms with E-state index in [1.807, 2.05) is 0 Å². The van der Waals surface area contributed by atoms with Gasteiger partial charge in [-0.3, -0.25) is 0 Å². The minimum atomic E-state index is -2.90. The van der Waals surface area contributed by atoms with Gasteiger partial charge in [-0.15, -0.1) is 0 Å². The van der Waals surface area contributed by atoms with Crippen molar-refractivity contribution in [1.82, 2.24) is 4.90 Å². The highest BCUT2D eigenvalue weighted by atomic mass is 28.4. The Balaban J connectivity index is 2.91. The van der Waals surface area contributed by atoms with E-state index in [1.165, 1.54) is 110 Å². The second-order valence-electron chi connectivity index (χ2n) is 13.8. The lowest BCUT2D eigenvalue weighted by Gasteiger charge is -2.37. The summed E-state index contributed by atoms with van der Waals surface area (Å²) in [5.41, 5.74) is 0. The molecule has 4 nitrogen and oxygen atoms in total. The lowest BCUT2D eigenvalue weighted by molar-refractivity contribution is -0.0134. The zero-order valence-electron chi connectivity index (χ0n) is 31.0. The first-order chi connectivity index (χ1) is 21.9. The molecule has 264 valence electrons. The van der Waals surface area contributed by atoms with Gasteiger partial charge >= 0.3 is 8.80 Å². The van der Waals surface area contributed by atoms with Crippen molar-refractivity contribution in [2.24, 2.45) is 0 Å². The van der Waals surface area contributed by atoms with Gasteiger partial charge in [-0.05, 0) is 124 Å². The molecule has 3 unspecified atom stereocenters. The summed E-state index contributed by atoms with van der Waals surface area (Å²) in [4.78, 5) is 2.64. The van der Waals surface area contributed by atoms with E-state index in [-0.39, 0.29) is 18.3 Å². The molecule has 0 aromatic carbocycles. The van der Waals surface area contributed by atoms with Crippen LogP contribution in [0.5, 0.6) is 0 Å². The second-order valence-corrected chi connectivity index (χ2v) is 16.3. The molecule has 45 heavy (non-hydrogen) atoms. The van der Waals surface area contributed by atoms with Crippen LogP contribution in [-0.4, -0.2) is 51.7 Å². The van der Waals surface area contributed by atoms with Crippen molar-refractivity contribution in [2.45, 2.75) is 201 Å². The predicted octanol–water partition coefficient (Wildman–Crippen LogP) is 12.4. The molecule has 0 saturated carbocycles. The van der Waals surface area contributed by atoms with Crippen molar-refractivity contribution in [1.29, 1.82) is 0 Å². The van der Waals surface area contributed by atoms with Gasteiger partial charge in [0.05, 0.1) is 0 Å². The lowest BCUT2D eigenvalue weighted by atomic mass is 10.2. The third-order valence-corrected chi connectivity index (χ3v) is 12.2. The van der Waals surface area contributed by atoms with Crippen LogP contribution >= 0.6 is 0 Å². The Hall–Kier alpha value is -0.723. The van der Waals surface area contributed by atoms with E-state index in [0.29, 0.717) is 0 Å². The molecule has 0 amide bonds. The van der Waals surface area contributed by atoms with Gasteiger partial charge in [0, 0.05) is 24.4 Å². The Bertz CT molecular complexity index is 659. The Morgan fingerprint density at radius 1 is 0.511 bits per heavy atom. The van der Waals surface area contributed by atoms with Gasteiger partial charge < -0.3 is 18.2 Å². The van der Waals surface area contributed by atoms with Crippen molar-refractivity contribution in [3.8, 4) is 0 Å². The molecule has 0 aromatic heterocycles. The molecule has 0 N–H and O–H groups in total. The smallest absolute Gasteiger partial charge is 0.371 e. The maximum absolute atomic E-state index is 7.03. The molecule has 0 aliphatic carbocycles. The van der Waals surface area contributed by atoms with E-state index in [2.05, 4.69) is 82.9 Å². The SMILES string of the molecule is CCCC/C=C\CCC(C)O[Si](CCCCCCN1CCCC1)(OC(C)CC/C=C\CCCC)OC(C)CC/C=C\CCCC. The Kier molecular flexibility index (Phi) is 27.7. The highest BCUT2D eigenvalue weighted by Crippen LogP contribution is 2.28. The summed E-state index contributed by atoms with van der Waals surface area (Å²) in [5.74, 6) is 0. The molecule has 0 spiro atoms. The standard InChI is InChI=1S/C40H77NO3Si/c1-7-10-13-16-19-24-31-38(4)42-45(43-39(5)32-25-20-17-14-11-8-2,44-40(6)33-26-21-18-15-12-9-3)37-30-23-22-27-34-41-35-28-29-36-41/h16-21,38-40H,7-15,22-37H2,1-6H3/b19-16-,20-17-,21-18-. The third-order valence-electron chi connectivity index (χ3n) is 8.94. The fourth-order valence-corrected chi connectivity index (χ4v) is 9.45. The van der Waals surface area contributed by atoms with Gasteiger partial charge in [0.15, 0.2) is 0 Å². The first-order valence-electron chi connectivity index (χ1n) is 19.6.